The van der Waals surface area contributed by atoms with Crippen molar-refractivity contribution in [2.75, 3.05) is 13.2 Å². The topological polar surface area (TPSA) is 31.2 Å². The summed E-state index contributed by atoms with van der Waals surface area (Å²) in [4.78, 5) is 11.9. The molecule has 19 heavy (non-hydrogen) atoms. The first-order valence-corrected chi connectivity index (χ1v) is 7.55. The predicted molar refractivity (Wildman–Crippen MR) is 74.6 cm³/mol. The van der Waals surface area contributed by atoms with E-state index in [1.165, 1.54) is 24.2 Å². The van der Waals surface area contributed by atoms with Gasteiger partial charge in [0, 0.05) is 43.1 Å². The first kappa shape index (κ1) is 12.9. The number of rotatable bonds is 6. The molecule has 0 aliphatic heterocycles. The van der Waals surface area contributed by atoms with E-state index in [4.69, 9.17) is 4.74 Å². The number of nitrogens with zero attached hydrogens (tertiary/aromatic N) is 1. The van der Waals surface area contributed by atoms with Crippen LogP contribution in [0.3, 0.4) is 0 Å². The molecule has 2 aliphatic carbocycles. The van der Waals surface area contributed by atoms with Gasteiger partial charge in [0.1, 0.15) is 0 Å². The van der Waals surface area contributed by atoms with Crippen LogP contribution >= 0.6 is 0 Å². The van der Waals surface area contributed by atoms with Gasteiger partial charge in [0.25, 0.3) is 0 Å². The Morgan fingerprint density at radius 1 is 1.37 bits per heavy atom. The largest absolute Gasteiger partial charge is 0.381 e. The third-order valence-corrected chi connectivity index (χ3v) is 4.25. The highest BCUT2D eigenvalue weighted by Gasteiger charge is 2.22. The SMILES string of the molecule is Cc1cc2c(n1CCCOCC1CC1)CCCC2=O. The number of hydrogen-bond acceptors (Lipinski definition) is 2. The monoisotopic (exact) mass is 261 g/mol. The van der Waals surface area contributed by atoms with Crippen LogP contribution in [-0.4, -0.2) is 23.6 Å². The summed E-state index contributed by atoms with van der Waals surface area (Å²) >= 11 is 0. The molecule has 2 aliphatic rings. The lowest BCUT2D eigenvalue weighted by atomic mass is 9.96. The average Bonchev–Trinajstić information content (AvgIpc) is 3.15. The molecule has 0 bridgehead atoms. The highest BCUT2D eigenvalue weighted by atomic mass is 16.5. The lowest BCUT2D eigenvalue weighted by Crippen LogP contribution is -2.14. The van der Waals surface area contributed by atoms with Crippen molar-refractivity contribution in [3.8, 4) is 0 Å². The summed E-state index contributed by atoms with van der Waals surface area (Å²) in [5, 5.41) is 0. The van der Waals surface area contributed by atoms with Crippen LogP contribution in [0.4, 0.5) is 0 Å². The Balaban J connectivity index is 1.56. The molecule has 1 saturated carbocycles. The molecule has 1 heterocycles. The zero-order valence-electron chi connectivity index (χ0n) is 11.8. The number of carbonyl (C=O) groups excluding carboxylic acids is 1. The van der Waals surface area contributed by atoms with Crippen LogP contribution in [0, 0.1) is 12.8 Å². The molecule has 0 spiro atoms. The van der Waals surface area contributed by atoms with E-state index in [0.717, 1.165) is 56.9 Å². The molecular formula is C16H23NO2. The fourth-order valence-electron chi connectivity index (χ4n) is 2.96. The molecule has 0 aromatic carbocycles. The van der Waals surface area contributed by atoms with Crippen molar-refractivity contribution >= 4 is 5.78 Å². The minimum absolute atomic E-state index is 0.327. The van der Waals surface area contributed by atoms with Crippen LogP contribution in [0.25, 0.3) is 0 Å². The highest BCUT2D eigenvalue weighted by molar-refractivity contribution is 5.98. The zero-order valence-corrected chi connectivity index (χ0v) is 11.8. The third kappa shape index (κ3) is 2.92. The molecule has 3 nitrogen and oxygen atoms in total. The van der Waals surface area contributed by atoms with Gasteiger partial charge in [0.05, 0.1) is 0 Å². The number of aromatic nitrogens is 1. The van der Waals surface area contributed by atoms with Crippen LogP contribution in [0.15, 0.2) is 6.07 Å². The number of hydrogen-bond donors (Lipinski definition) is 0. The van der Waals surface area contributed by atoms with Crippen LogP contribution in [0.2, 0.25) is 0 Å². The molecule has 0 atom stereocenters. The van der Waals surface area contributed by atoms with Gasteiger partial charge in [-0.2, -0.15) is 0 Å². The van der Waals surface area contributed by atoms with Crippen molar-refractivity contribution in [1.29, 1.82) is 0 Å². The Kier molecular flexibility index (Phi) is 3.74. The van der Waals surface area contributed by atoms with E-state index in [2.05, 4.69) is 17.6 Å². The molecule has 0 N–H and O–H groups in total. The average molecular weight is 261 g/mol. The molecule has 3 rings (SSSR count). The standard InChI is InChI=1S/C16H23NO2/c1-12-10-14-15(4-2-5-16(14)18)17(12)8-3-9-19-11-13-6-7-13/h10,13H,2-9,11H2,1H3. The Hall–Kier alpha value is -1.09. The van der Waals surface area contributed by atoms with Gasteiger partial charge in [-0.05, 0) is 51.0 Å². The van der Waals surface area contributed by atoms with Gasteiger partial charge in [0.15, 0.2) is 5.78 Å². The molecule has 3 heteroatoms. The van der Waals surface area contributed by atoms with Gasteiger partial charge in [-0.1, -0.05) is 0 Å². The number of aryl methyl sites for hydroxylation is 1. The van der Waals surface area contributed by atoms with Gasteiger partial charge in [-0.15, -0.1) is 0 Å². The van der Waals surface area contributed by atoms with Crippen molar-refractivity contribution in [1.82, 2.24) is 4.57 Å². The predicted octanol–water partition coefficient (Wildman–Crippen LogP) is 3.13. The molecule has 0 unspecified atom stereocenters. The summed E-state index contributed by atoms with van der Waals surface area (Å²) in [5.74, 6) is 1.17. The number of carbonyl (C=O) groups is 1. The summed E-state index contributed by atoms with van der Waals surface area (Å²) in [6.45, 7) is 4.88. The Labute approximate surface area is 114 Å². The van der Waals surface area contributed by atoms with E-state index >= 15 is 0 Å². The third-order valence-electron chi connectivity index (χ3n) is 4.25. The van der Waals surface area contributed by atoms with Crippen LogP contribution in [-0.2, 0) is 17.7 Å². The molecule has 0 amide bonds. The summed E-state index contributed by atoms with van der Waals surface area (Å²) in [5.41, 5.74) is 3.46. The van der Waals surface area contributed by atoms with E-state index in [1.807, 2.05) is 0 Å². The quantitative estimate of drug-likeness (QED) is 0.737. The Bertz CT molecular complexity index is 471. The molecule has 1 aromatic heterocycles. The summed E-state index contributed by atoms with van der Waals surface area (Å²) in [6.07, 6.45) is 6.54. The normalized spacial score (nSPS) is 18.7. The molecule has 0 saturated heterocycles. The molecule has 1 aromatic rings. The molecule has 104 valence electrons. The fraction of sp³-hybridized carbons (Fsp3) is 0.688. The van der Waals surface area contributed by atoms with E-state index in [1.54, 1.807) is 0 Å². The van der Waals surface area contributed by atoms with Crippen LogP contribution in [0.1, 0.15) is 53.8 Å². The molecule has 1 fully saturated rings. The second-order valence-corrected chi connectivity index (χ2v) is 5.95. The van der Waals surface area contributed by atoms with Crippen LogP contribution in [0.5, 0.6) is 0 Å². The summed E-state index contributed by atoms with van der Waals surface area (Å²) in [6, 6.07) is 2.07. The summed E-state index contributed by atoms with van der Waals surface area (Å²) < 4.78 is 8.01. The minimum Gasteiger partial charge on any atom is -0.381 e. The Morgan fingerprint density at radius 3 is 3.00 bits per heavy atom. The van der Waals surface area contributed by atoms with Gasteiger partial charge in [-0.25, -0.2) is 0 Å². The van der Waals surface area contributed by atoms with Gasteiger partial charge >= 0.3 is 0 Å². The second kappa shape index (κ2) is 5.49. The maximum Gasteiger partial charge on any atom is 0.164 e. The lowest BCUT2D eigenvalue weighted by molar-refractivity contribution is 0.0971. The Morgan fingerprint density at radius 2 is 2.21 bits per heavy atom. The number of ether oxygens (including phenoxy) is 1. The van der Waals surface area contributed by atoms with Gasteiger partial charge < -0.3 is 9.30 Å². The van der Waals surface area contributed by atoms with Crippen molar-refractivity contribution in [3.05, 3.63) is 23.0 Å². The number of ketones is 1. The molecular weight excluding hydrogens is 238 g/mol. The van der Waals surface area contributed by atoms with Gasteiger partial charge in [0.2, 0.25) is 0 Å². The van der Waals surface area contributed by atoms with E-state index < -0.39 is 0 Å². The second-order valence-electron chi connectivity index (χ2n) is 5.95. The van der Waals surface area contributed by atoms with E-state index in [-0.39, 0.29) is 0 Å². The first-order valence-electron chi connectivity index (χ1n) is 7.55. The van der Waals surface area contributed by atoms with Crippen molar-refractivity contribution < 1.29 is 9.53 Å². The minimum atomic E-state index is 0.327. The van der Waals surface area contributed by atoms with Crippen LogP contribution < -0.4 is 0 Å². The van der Waals surface area contributed by atoms with Gasteiger partial charge in [-0.3, -0.25) is 4.79 Å². The zero-order chi connectivity index (χ0) is 13.2. The van der Waals surface area contributed by atoms with Crippen molar-refractivity contribution in [3.63, 3.8) is 0 Å². The van der Waals surface area contributed by atoms with E-state index in [9.17, 15) is 4.79 Å². The maximum atomic E-state index is 11.9. The number of Topliss-reactive ketones (excluding diaryl/α,β-unsaturated/α-hetero) is 1. The fourth-order valence-corrected chi connectivity index (χ4v) is 2.96. The maximum absolute atomic E-state index is 11.9. The molecule has 0 radical (unpaired) electrons. The van der Waals surface area contributed by atoms with Crippen molar-refractivity contribution in [2.45, 2.75) is 52.0 Å². The van der Waals surface area contributed by atoms with Crippen molar-refractivity contribution in [2.24, 2.45) is 5.92 Å². The van der Waals surface area contributed by atoms with E-state index in [0.29, 0.717) is 5.78 Å². The lowest BCUT2D eigenvalue weighted by Gasteiger charge is -2.16. The first-order chi connectivity index (χ1) is 9.25. The smallest absolute Gasteiger partial charge is 0.164 e. The summed E-state index contributed by atoms with van der Waals surface area (Å²) in [7, 11) is 0. The number of fused-ring (bicyclic) bond motifs is 1. The highest BCUT2D eigenvalue weighted by Crippen LogP contribution is 2.29.